The number of ether oxygens (including phenoxy) is 2. The molecule has 0 radical (unpaired) electrons. The third-order valence-corrected chi connectivity index (χ3v) is 4.56. The predicted molar refractivity (Wildman–Crippen MR) is 105 cm³/mol. The second-order valence-electron chi connectivity index (χ2n) is 6.87. The molecule has 142 valence electrons. The van der Waals surface area contributed by atoms with Gasteiger partial charge in [0.1, 0.15) is 18.0 Å². The summed E-state index contributed by atoms with van der Waals surface area (Å²) in [6.07, 6.45) is 0. The van der Waals surface area contributed by atoms with Crippen LogP contribution in [0.15, 0.2) is 36.4 Å². The minimum absolute atomic E-state index is 0.133. The molecule has 6 nitrogen and oxygen atoms in total. The molecule has 0 aliphatic carbocycles. The number of anilines is 2. The molecular weight excluding hydrogens is 368 g/mol. The summed E-state index contributed by atoms with van der Waals surface area (Å²) < 4.78 is 10.9. The third kappa shape index (κ3) is 3.85. The van der Waals surface area contributed by atoms with Crippen molar-refractivity contribution >= 4 is 34.8 Å². The summed E-state index contributed by atoms with van der Waals surface area (Å²) in [7, 11) is 1.52. The van der Waals surface area contributed by atoms with E-state index in [1.165, 1.54) is 12.0 Å². The monoisotopic (exact) mass is 388 g/mol. The number of carbonyl (C=O) groups is 2. The summed E-state index contributed by atoms with van der Waals surface area (Å²) in [6, 6.07) is 10.5. The number of benzene rings is 2. The van der Waals surface area contributed by atoms with Crippen molar-refractivity contribution in [2.24, 2.45) is 0 Å². The molecule has 0 bridgehead atoms. The van der Waals surface area contributed by atoms with E-state index in [-0.39, 0.29) is 18.4 Å². The highest BCUT2D eigenvalue weighted by molar-refractivity contribution is 6.32. The number of fused-ring (bicyclic) bond motifs is 1. The number of methoxy groups -OCH3 is 1. The van der Waals surface area contributed by atoms with E-state index >= 15 is 0 Å². The zero-order valence-electron chi connectivity index (χ0n) is 15.6. The Balaban J connectivity index is 1.83. The Morgan fingerprint density at radius 2 is 2.00 bits per heavy atom. The number of rotatable bonds is 4. The van der Waals surface area contributed by atoms with Gasteiger partial charge >= 0.3 is 0 Å². The number of nitrogens with zero attached hydrogens (tertiary/aromatic N) is 1. The number of amides is 2. The molecule has 2 aromatic rings. The standard InChI is InChI=1S/C20H21ClN2O4/c1-12-5-7-17-15(9-12)23(19(25)20(2,3)27-17)11-18(24)22-13-6-8-16(26-4)14(21)10-13/h5-10H,11H2,1-4H3,(H,22,24). The molecule has 1 aliphatic heterocycles. The molecule has 0 saturated heterocycles. The van der Waals surface area contributed by atoms with Gasteiger partial charge in [0.05, 0.1) is 17.8 Å². The van der Waals surface area contributed by atoms with Crippen LogP contribution in [0.1, 0.15) is 19.4 Å². The van der Waals surface area contributed by atoms with E-state index in [1.54, 1.807) is 32.0 Å². The van der Waals surface area contributed by atoms with Crippen LogP contribution in [0.4, 0.5) is 11.4 Å². The van der Waals surface area contributed by atoms with Crippen LogP contribution in [-0.4, -0.2) is 31.1 Å². The van der Waals surface area contributed by atoms with Gasteiger partial charge in [0.2, 0.25) is 5.91 Å². The van der Waals surface area contributed by atoms with Gasteiger partial charge in [-0.2, -0.15) is 0 Å². The van der Waals surface area contributed by atoms with E-state index in [0.717, 1.165) is 5.56 Å². The van der Waals surface area contributed by atoms with Crippen LogP contribution in [0.2, 0.25) is 5.02 Å². The lowest BCUT2D eigenvalue weighted by Gasteiger charge is -2.38. The molecule has 2 amide bonds. The van der Waals surface area contributed by atoms with Gasteiger partial charge in [0, 0.05) is 5.69 Å². The summed E-state index contributed by atoms with van der Waals surface area (Å²) in [5.74, 6) is 0.480. The van der Waals surface area contributed by atoms with Gasteiger partial charge in [-0.05, 0) is 56.7 Å². The summed E-state index contributed by atoms with van der Waals surface area (Å²) in [6.45, 7) is 5.16. The van der Waals surface area contributed by atoms with Crippen molar-refractivity contribution in [1.29, 1.82) is 0 Å². The fraction of sp³-hybridized carbons (Fsp3) is 0.300. The Kier molecular flexibility index (Phi) is 5.02. The number of halogens is 1. The van der Waals surface area contributed by atoms with Gasteiger partial charge in [0.25, 0.3) is 5.91 Å². The van der Waals surface area contributed by atoms with E-state index in [9.17, 15) is 9.59 Å². The molecule has 3 rings (SSSR count). The topological polar surface area (TPSA) is 67.9 Å². The molecule has 1 N–H and O–H groups in total. The normalized spacial score (nSPS) is 15.0. The Morgan fingerprint density at radius 1 is 1.26 bits per heavy atom. The minimum atomic E-state index is -1.05. The lowest BCUT2D eigenvalue weighted by atomic mass is 10.0. The maximum Gasteiger partial charge on any atom is 0.271 e. The molecular formula is C20H21ClN2O4. The van der Waals surface area contributed by atoms with E-state index in [1.807, 2.05) is 25.1 Å². The quantitative estimate of drug-likeness (QED) is 0.865. The molecule has 0 spiro atoms. The fourth-order valence-electron chi connectivity index (χ4n) is 2.92. The summed E-state index contributed by atoms with van der Waals surface area (Å²) in [5, 5.41) is 3.15. The number of carbonyl (C=O) groups excluding carboxylic acids is 2. The third-order valence-electron chi connectivity index (χ3n) is 4.27. The molecule has 2 aromatic carbocycles. The van der Waals surface area contributed by atoms with Crippen LogP contribution in [0.5, 0.6) is 11.5 Å². The van der Waals surface area contributed by atoms with Crippen molar-refractivity contribution in [3.8, 4) is 11.5 Å². The van der Waals surface area contributed by atoms with Crippen LogP contribution >= 0.6 is 11.6 Å². The Labute approximate surface area is 163 Å². The Hall–Kier alpha value is -2.73. The second kappa shape index (κ2) is 7.12. The van der Waals surface area contributed by atoms with Gasteiger partial charge in [-0.1, -0.05) is 17.7 Å². The summed E-state index contributed by atoms with van der Waals surface area (Å²) >= 11 is 6.09. The first kappa shape index (κ1) is 19.0. The molecule has 7 heteroatoms. The van der Waals surface area contributed by atoms with Crippen molar-refractivity contribution in [3.05, 3.63) is 47.0 Å². The Morgan fingerprint density at radius 3 is 2.67 bits per heavy atom. The average Bonchev–Trinajstić information content (AvgIpc) is 2.60. The Bertz CT molecular complexity index is 911. The zero-order chi connectivity index (χ0) is 19.8. The first-order valence-corrected chi connectivity index (χ1v) is 8.84. The molecule has 1 heterocycles. The SMILES string of the molecule is COc1ccc(NC(=O)CN2C(=O)C(C)(C)Oc3ccc(C)cc32)cc1Cl. The molecule has 0 fully saturated rings. The maximum absolute atomic E-state index is 12.8. The molecule has 0 aromatic heterocycles. The van der Waals surface area contributed by atoms with Crippen LogP contribution in [0.3, 0.4) is 0 Å². The zero-order valence-corrected chi connectivity index (χ0v) is 16.4. The average molecular weight is 389 g/mol. The lowest BCUT2D eigenvalue weighted by Crippen LogP contribution is -2.54. The van der Waals surface area contributed by atoms with Crippen LogP contribution in [0, 0.1) is 6.92 Å². The highest BCUT2D eigenvalue weighted by Gasteiger charge is 2.41. The van der Waals surface area contributed by atoms with Gasteiger partial charge in [-0.25, -0.2) is 0 Å². The number of hydrogen-bond acceptors (Lipinski definition) is 4. The van der Waals surface area contributed by atoms with Gasteiger partial charge in [-0.3, -0.25) is 14.5 Å². The van der Waals surface area contributed by atoms with Crippen molar-refractivity contribution in [1.82, 2.24) is 0 Å². The number of nitrogens with one attached hydrogen (secondary N) is 1. The minimum Gasteiger partial charge on any atom is -0.495 e. The van der Waals surface area contributed by atoms with E-state index in [2.05, 4.69) is 5.32 Å². The predicted octanol–water partition coefficient (Wildman–Crippen LogP) is 3.80. The van der Waals surface area contributed by atoms with E-state index in [4.69, 9.17) is 21.1 Å². The first-order valence-electron chi connectivity index (χ1n) is 8.46. The van der Waals surface area contributed by atoms with E-state index in [0.29, 0.717) is 27.9 Å². The van der Waals surface area contributed by atoms with Crippen molar-refractivity contribution in [2.45, 2.75) is 26.4 Å². The largest absolute Gasteiger partial charge is 0.495 e. The van der Waals surface area contributed by atoms with E-state index < -0.39 is 5.60 Å². The highest BCUT2D eigenvalue weighted by Crippen LogP contribution is 2.38. The van der Waals surface area contributed by atoms with Gasteiger partial charge < -0.3 is 14.8 Å². The molecule has 0 saturated carbocycles. The molecule has 0 atom stereocenters. The highest BCUT2D eigenvalue weighted by atomic mass is 35.5. The molecule has 0 unspecified atom stereocenters. The summed E-state index contributed by atoms with van der Waals surface area (Å²) in [4.78, 5) is 26.9. The van der Waals surface area contributed by atoms with Crippen LogP contribution in [0.25, 0.3) is 0 Å². The number of hydrogen-bond donors (Lipinski definition) is 1. The van der Waals surface area contributed by atoms with Gasteiger partial charge in [-0.15, -0.1) is 0 Å². The number of aryl methyl sites for hydroxylation is 1. The van der Waals surface area contributed by atoms with Crippen LogP contribution < -0.4 is 19.7 Å². The van der Waals surface area contributed by atoms with Crippen molar-refractivity contribution < 1.29 is 19.1 Å². The summed E-state index contributed by atoms with van der Waals surface area (Å²) in [5.41, 5.74) is 1.03. The maximum atomic E-state index is 12.8. The second-order valence-corrected chi connectivity index (χ2v) is 7.28. The fourth-order valence-corrected chi connectivity index (χ4v) is 3.18. The molecule has 1 aliphatic rings. The van der Waals surface area contributed by atoms with Crippen molar-refractivity contribution in [3.63, 3.8) is 0 Å². The van der Waals surface area contributed by atoms with Crippen LogP contribution in [-0.2, 0) is 9.59 Å². The first-order chi connectivity index (χ1) is 12.7. The van der Waals surface area contributed by atoms with Gasteiger partial charge in [0.15, 0.2) is 5.60 Å². The lowest BCUT2D eigenvalue weighted by molar-refractivity contribution is -0.133. The smallest absolute Gasteiger partial charge is 0.271 e. The molecule has 27 heavy (non-hydrogen) atoms. The van der Waals surface area contributed by atoms with Crippen molar-refractivity contribution in [2.75, 3.05) is 23.9 Å².